The van der Waals surface area contributed by atoms with E-state index in [0.29, 0.717) is 5.11 Å². The minimum absolute atomic E-state index is 0.224. The molecular formula is C21H29N3O2S. The van der Waals surface area contributed by atoms with Gasteiger partial charge < -0.3 is 19.8 Å². The molecule has 1 aliphatic heterocycles. The molecule has 0 saturated carbocycles. The van der Waals surface area contributed by atoms with Crippen LogP contribution in [0, 0.1) is 0 Å². The first-order chi connectivity index (χ1) is 13.3. The average Bonchev–Trinajstić information content (AvgIpc) is 3.24. The number of ether oxygens (including phenoxy) is 1. The molecule has 0 bridgehead atoms. The fourth-order valence-electron chi connectivity index (χ4n) is 3.48. The summed E-state index contributed by atoms with van der Waals surface area (Å²) in [5, 5.41) is 7.37. The SMILES string of the molecule is COc1ccc(CCNC(=S)NCC(c2ccco2)N2CCCCC2)cc1. The van der Waals surface area contributed by atoms with Crippen LogP contribution in [0.3, 0.4) is 0 Å². The van der Waals surface area contributed by atoms with Crippen LogP contribution in [-0.2, 0) is 6.42 Å². The van der Waals surface area contributed by atoms with Crippen molar-refractivity contribution in [2.45, 2.75) is 31.7 Å². The summed E-state index contributed by atoms with van der Waals surface area (Å²) in [4.78, 5) is 2.50. The van der Waals surface area contributed by atoms with E-state index in [1.807, 2.05) is 18.2 Å². The molecule has 1 atom stereocenters. The molecule has 1 fully saturated rings. The number of methoxy groups -OCH3 is 1. The van der Waals surface area contributed by atoms with Crippen molar-refractivity contribution in [1.29, 1.82) is 0 Å². The number of likely N-dealkylation sites (tertiary alicyclic amines) is 1. The smallest absolute Gasteiger partial charge is 0.166 e. The Kier molecular flexibility index (Phi) is 7.54. The standard InChI is InChI=1S/C21H29N3O2S/c1-25-18-9-7-17(8-10-18)11-12-22-21(27)23-16-19(20-6-5-15-26-20)24-13-3-2-4-14-24/h5-10,15,19H,2-4,11-14,16H2,1H3,(H2,22,23,27). The van der Waals surface area contributed by atoms with Crippen LogP contribution in [0.2, 0.25) is 0 Å². The molecule has 1 unspecified atom stereocenters. The monoisotopic (exact) mass is 387 g/mol. The molecule has 6 heteroatoms. The summed E-state index contributed by atoms with van der Waals surface area (Å²) in [6.07, 6.45) is 6.49. The van der Waals surface area contributed by atoms with E-state index in [4.69, 9.17) is 21.4 Å². The zero-order valence-corrected chi connectivity index (χ0v) is 16.8. The molecule has 2 N–H and O–H groups in total. The van der Waals surface area contributed by atoms with Crippen LogP contribution in [0.5, 0.6) is 5.75 Å². The first-order valence-electron chi connectivity index (χ1n) is 9.68. The molecule has 1 aromatic heterocycles. The summed E-state index contributed by atoms with van der Waals surface area (Å²) in [6, 6.07) is 12.4. The Bertz CT molecular complexity index is 682. The van der Waals surface area contributed by atoms with E-state index < -0.39 is 0 Å². The summed E-state index contributed by atoms with van der Waals surface area (Å²) in [7, 11) is 1.68. The number of benzene rings is 1. The molecule has 5 nitrogen and oxygen atoms in total. The molecular weight excluding hydrogens is 358 g/mol. The number of thiocarbonyl (C=S) groups is 1. The van der Waals surface area contributed by atoms with Gasteiger partial charge in [-0.05, 0) is 74.4 Å². The fraction of sp³-hybridized carbons (Fsp3) is 0.476. The molecule has 27 heavy (non-hydrogen) atoms. The van der Waals surface area contributed by atoms with Crippen LogP contribution in [0.1, 0.15) is 36.6 Å². The first-order valence-corrected chi connectivity index (χ1v) is 10.1. The van der Waals surface area contributed by atoms with Crippen molar-refractivity contribution in [3.8, 4) is 5.75 Å². The zero-order valence-electron chi connectivity index (χ0n) is 15.9. The third-order valence-corrected chi connectivity index (χ3v) is 5.31. The maximum absolute atomic E-state index is 5.68. The normalized spacial score (nSPS) is 15.9. The highest BCUT2D eigenvalue weighted by Gasteiger charge is 2.24. The molecule has 0 radical (unpaired) electrons. The van der Waals surface area contributed by atoms with Gasteiger partial charge in [-0.25, -0.2) is 0 Å². The van der Waals surface area contributed by atoms with Crippen molar-refractivity contribution in [2.75, 3.05) is 33.3 Å². The number of piperidine rings is 1. The van der Waals surface area contributed by atoms with Crippen molar-refractivity contribution >= 4 is 17.3 Å². The molecule has 146 valence electrons. The summed E-state index contributed by atoms with van der Waals surface area (Å²) >= 11 is 5.47. The second-order valence-electron chi connectivity index (χ2n) is 6.86. The van der Waals surface area contributed by atoms with Gasteiger partial charge in [-0.1, -0.05) is 18.6 Å². The minimum atomic E-state index is 0.224. The van der Waals surface area contributed by atoms with Crippen LogP contribution in [0.15, 0.2) is 47.1 Å². The Morgan fingerprint density at radius 1 is 1.15 bits per heavy atom. The predicted octanol–water partition coefficient (Wildman–Crippen LogP) is 3.52. The lowest BCUT2D eigenvalue weighted by atomic mass is 10.1. The quantitative estimate of drug-likeness (QED) is 0.676. The Morgan fingerprint density at radius 3 is 2.59 bits per heavy atom. The first kappa shape index (κ1) is 19.7. The number of hydrogen-bond acceptors (Lipinski definition) is 4. The Hall–Kier alpha value is -2.05. The van der Waals surface area contributed by atoms with Gasteiger partial charge >= 0.3 is 0 Å². The third-order valence-electron chi connectivity index (χ3n) is 5.02. The molecule has 1 aliphatic rings. The largest absolute Gasteiger partial charge is 0.497 e. The topological polar surface area (TPSA) is 49.7 Å². The molecule has 1 saturated heterocycles. The van der Waals surface area contributed by atoms with E-state index in [-0.39, 0.29) is 6.04 Å². The van der Waals surface area contributed by atoms with Crippen molar-refractivity contribution in [2.24, 2.45) is 0 Å². The zero-order chi connectivity index (χ0) is 18.9. The summed E-state index contributed by atoms with van der Waals surface area (Å²) in [5.41, 5.74) is 1.26. The van der Waals surface area contributed by atoms with E-state index >= 15 is 0 Å². The fourth-order valence-corrected chi connectivity index (χ4v) is 3.67. The summed E-state index contributed by atoms with van der Waals surface area (Å²) in [6.45, 7) is 3.78. The van der Waals surface area contributed by atoms with Crippen LogP contribution >= 0.6 is 12.2 Å². The van der Waals surface area contributed by atoms with E-state index in [0.717, 1.165) is 44.1 Å². The Balaban J connectivity index is 1.44. The molecule has 0 amide bonds. The van der Waals surface area contributed by atoms with Crippen LogP contribution < -0.4 is 15.4 Å². The number of rotatable bonds is 8. The van der Waals surface area contributed by atoms with Crippen LogP contribution in [0.25, 0.3) is 0 Å². The molecule has 0 spiro atoms. The lowest BCUT2D eigenvalue weighted by molar-refractivity contribution is 0.146. The van der Waals surface area contributed by atoms with Gasteiger partial charge in [0.25, 0.3) is 0 Å². The average molecular weight is 388 g/mol. The van der Waals surface area contributed by atoms with Crippen LogP contribution in [0.4, 0.5) is 0 Å². The van der Waals surface area contributed by atoms with Gasteiger partial charge in [-0.3, -0.25) is 4.90 Å². The Morgan fingerprint density at radius 2 is 1.93 bits per heavy atom. The van der Waals surface area contributed by atoms with Gasteiger partial charge in [0.2, 0.25) is 0 Å². The van der Waals surface area contributed by atoms with Gasteiger partial charge in [0.05, 0.1) is 19.4 Å². The van der Waals surface area contributed by atoms with Crippen molar-refractivity contribution in [1.82, 2.24) is 15.5 Å². The second kappa shape index (κ2) is 10.3. The lowest BCUT2D eigenvalue weighted by Crippen LogP contribution is -2.43. The van der Waals surface area contributed by atoms with Gasteiger partial charge in [-0.2, -0.15) is 0 Å². The number of nitrogens with zero attached hydrogens (tertiary/aromatic N) is 1. The second-order valence-corrected chi connectivity index (χ2v) is 7.27. The van der Waals surface area contributed by atoms with Crippen molar-refractivity contribution in [3.63, 3.8) is 0 Å². The van der Waals surface area contributed by atoms with E-state index in [1.165, 1.54) is 24.8 Å². The van der Waals surface area contributed by atoms with E-state index in [1.54, 1.807) is 13.4 Å². The highest BCUT2D eigenvalue weighted by atomic mass is 32.1. The highest BCUT2D eigenvalue weighted by Crippen LogP contribution is 2.24. The number of nitrogens with one attached hydrogen (secondary N) is 2. The third kappa shape index (κ3) is 5.97. The maximum atomic E-state index is 5.68. The molecule has 3 rings (SSSR count). The summed E-state index contributed by atoms with van der Waals surface area (Å²) < 4.78 is 10.9. The molecule has 2 aromatic rings. The highest BCUT2D eigenvalue weighted by molar-refractivity contribution is 7.80. The van der Waals surface area contributed by atoms with Gasteiger partial charge in [0.15, 0.2) is 5.11 Å². The van der Waals surface area contributed by atoms with E-state index in [2.05, 4.69) is 33.7 Å². The van der Waals surface area contributed by atoms with Crippen LogP contribution in [-0.4, -0.2) is 43.3 Å². The van der Waals surface area contributed by atoms with E-state index in [9.17, 15) is 0 Å². The number of furan rings is 1. The van der Waals surface area contributed by atoms with Crippen molar-refractivity contribution < 1.29 is 9.15 Å². The molecule has 1 aromatic carbocycles. The van der Waals surface area contributed by atoms with Crippen molar-refractivity contribution in [3.05, 3.63) is 54.0 Å². The lowest BCUT2D eigenvalue weighted by Gasteiger charge is -2.33. The molecule has 0 aliphatic carbocycles. The Labute approximate surface area is 167 Å². The maximum Gasteiger partial charge on any atom is 0.166 e. The van der Waals surface area contributed by atoms with Gasteiger partial charge in [0.1, 0.15) is 11.5 Å². The van der Waals surface area contributed by atoms with Gasteiger partial charge in [-0.15, -0.1) is 0 Å². The van der Waals surface area contributed by atoms with Gasteiger partial charge in [0, 0.05) is 13.1 Å². The predicted molar refractivity (Wildman–Crippen MR) is 112 cm³/mol. The minimum Gasteiger partial charge on any atom is -0.497 e. The molecule has 2 heterocycles. The number of hydrogen-bond donors (Lipinski definition) is 2. The summed E-state index contributed by atoms with van der Waals surface area (Å²) in [5.74, 6) is 1.89.